The van der Waals surface area contributed by atoms with Crippen LogP contribution in [0.15, 0.2) is 24.3 Å². The molecule has 1 saturated carbocycles. The molecule has 22 heavy (non-hydrogen) atoms. The first kappa shape index (κ1) is 15.3. The summed E-state index contributed by atoms with van der Waals surface area (Å²) in [4.78, 5) is 14.3. The van der Waals surface area contributed by atoms with Crippen LogP contribution < -0.4 is 10.6 Å². The lowest BCUT2D eigenvalue weighted by atomic mass is 10.1. The van der Waals surface area contributed by atoms with Gasteiger partial charge in [-0.3, -0.25) is 9.69 Å². The average Bonchev–Trinajstić information content (AvgIpc) is 3.24. The van der Waals surface area contributed by atoms with Crippen molar-refractivity contribution in [2.75, 3.05) is 17.2 Å². The van der Waals surface area contributed by atoms with Crippen LogP contribution in [0.3, 0.4) is 0 Å². The molecule has 1 heterocycles. The largest absolute Gasteiger partial charge is 0.381 e. The molecular weight excluding hydrogens is 274 g/mol. The molecule has 4 heteroatoms. The lowest BCUT2D eigenvalue weighted by molar-refractivity contribution is -0.116. The molecule has 2 N–H and O–H groups in total. The number of carbonyl (C=O) groups excluding carboxylic acids is 1. The fraction of sp³-hybridized carbons (Fsp3) is 0.611. The summed E-state index contributed by atoms with van der Waals surface area (Å²) in [6.07, 6.45) is 5.39. The molecule has 1 amide bonds. The molecule has 0 unspecified atom stereocenters. The van der Waals surface area contributed by atoms with Crippen LogP contribution in [-0.2, 0) is 4.79 Å². The van der Waals surface area contributed by atoms with E-state index in [0.29, 0.717) is 18.5 Å². The second-order valence-electron chi connectivity index (χ2n) is 6.73. The Kier molecular flexibility index (Phi) is 4.67. The topological polar surface area (TPSA) is 44.4 Å². The van der Waals surface area contributed by atoms with Crippen molar-refractivity contribution in [3.8, 4) is 0 Å². The fourth-order valence-corrected chi connectivity index (χ4v) is 3.45. The van der Waals surface area contributed by atoms with Crippen molar-refractivity contribution in [3.63, 3.8) is 0 Å². The molecule has 0 aromatic heterocycles. The van der Waals surface area contributed by atoms with Gasteiger partial charge >= 0.3 is 0 Å². The molecule has 1 aliphatic carbocycles. The Morgan fingerprint density at radius 2 is 2.09 bits per heavy atom. The van der Waals surface area contributed by atoms with Gasteiger partial charge in [0.15, 0.2) is 0 Å². The summed E-state index contributed by atoms with van der Waals surface area (Å²) in [5, 5.41) is 6.60. The minimum absolute atomic E-state index is 0.0917. The number of benzene rings is 1. The Bertz CT molecular complexity index is 527. The van der Waals surface area contributed by atoms with Gasteiger partial charge in [-0.2, -0.15) is 0 Å². The number of rotatable bonds is 6. The van der Waals surface area contributed by atoms with Crippen molar-refractivity contribution in [1.29, 1.82) is 0 Å². The van der Waals surface area contributed by atoms with Crippen LogP contribution in [0.25, 0.3) is 0 Å². The van der Waals surface area contributed by atoms with Gasteiger partial charge in [0.1, 0.15) is 0 Å². The number of amides is 1. The molecule has 1 aromatic carbocycles. The van der Waals surface area contributed by atoms with Gasteiger partial charge in [-0.1, -0.05) is 13.0 Å². The minimum Gasteiger partial charge on any atom is -0.381 e. The van der Waals surface area contributed by atoms with Gasteiger partial charge in [-0.15, -0.1) is 0 Å². The van der Waals surface area contributed by atoms with Crippen molar-refractivity contribution in [2.45, 2.75) is 64.1 Å². The van der Waals surface area contributed by atoms with E-state index in [1.807, 2.05) is 25.1 Å². The Morgan fingerprint density at radius 1 is 1.32 bits per heavy atom. The van der Waals surface area contributed by atoms with Crippen LogP contribution in [0.5, 0.6) is 0 Å². The fourth-order valence-electron chi connectivity index (χ4n) is 3.45. The van der Waals surface area contributed by atoms with Gasteiger partial charge in [0.25, 0.3) is 0 Å². The maximum atomic E-state index is 11.7. The van der Waals surface area contributed by atoms with Gasteiger partial charge in [-0.25, -0.2) is 0 Å². The molecule has 0 spiro atoms. The molecular formula is C18H27N3O. The zero-order valence-corrected chi connectivity index (χ0v) is 13.6. The highest BCUT2D eigenvalue weighted by Gasteiger charge is 2.38. The molecule has 2 atom stereocenters. The van der Waals surface area contributed by atoms with Gasteiger partial charge in [0, 0.05) is 42.5 Å². The summed E-state index contributed by atoms with van der Waals surface area (Å²) < 4.78 is 0. The van der Waals surface area contributed by atoms with Crippen molar-refractivity contribution in [2.24, 2.45) is 0 Å². The van der Waals surface area contributed by atoms with Crippen LogP contribution in [-0.4, -0.2) is 35.5 Å². The third kappa shape index (κ3) is 3.80. The van der Waals surface area contributed by atoms with Crippen molar-refractivity contribution >= 4 is 17.3 Å². The van der Waals surface area contributed by atoms with Crippen LogP contribution in [0.1, 0.15) is 46.0 Å². The van der Waals surface area contributed by atoms with Crippen LogP contribution >= 0.6 is 0 Å². The zero-order chi connectivity index (χ0) is 15.5. The Balaban J connectivity index is 1.57. The van der Waals surface area contributed by atoms with Crippen LogP contribution in [0.4, 0.5) is 11.4 Å². The highest BCUT2D eigenvalue weighted by Crippen LogP contribution is 2.34. The Morgan fingerprint density at radius 3 is 2.82 bits per heavy atom. The number of nitrogens with one attached hydrogen (secondary N) is 2. The molecule has 0 radical (unpaired) electrons. The lowest BCUT2D eigenvalue weighted by Gasteiger charge is -2.20. The van der Waals surface area contributed by atoms with E-state index < -0.39 is 0 Å². The van der Waals surface area contributed by atoms with E-state index in [9.17, 15) is 4.79 Å². The van der Waals surface area contributed by atoms with Crippen LogP contribution in [0.2, 0.25) is 0 Å². The molecule has 2 aliphatic rings. The van der Waals surface area contributed by atoms with Crippen molar-refractivity contribution < 1.29 is 4.79 Å². The van der Waals surface area contributed by atoms with E-state index >= 15 is 0 Å². The predicted octanol–water partition coefficient (Wildman–Crippen LogP) is 3.46. The summed E-state index contributed by atoms with van der Waals surface area (Å²) in [5.41, 5.74) is 1.98. The third-order valence-electron chi connectivity index (χ3n) is 4.63. The summed E-state index contributed by atoms with van der Waals surface area (Å²) in [6.45, 7) is 5.49. The van der Waals surface area contributed by atoms with E-state index in [2.05, 4.69) is 28.5 Å². The molecule has 1 aromatic rings. The van der Waals surface area contributed by atoms with Gasteiger partial charge in [0.2, 0.25) is 5.91 Å². The van der Waals surface area contributed by atoms with E-state index in [1.54, 1.807) is 0 Å². The number of carbonyl (C=O) groups is 1. The summed E-state index contributed by atoms with van der Waals surface area (Å²) in [7, 11) is 0. The first-order valence-corrected chi connectivity index (χ1v) is 8.58. The molecule has 1 saturated heterocycles. The monoisotopic (exact) mass is 301 g/mol. The maximum Gasteiger partial charge on any atom is 0.224 e. The highest BCUT2D eigenvalue weighted by atomic mass is 16.1. The van der Waals surface area contributed by atoms with E-state index in [1.165, 1.54) is 19.3 Å². The van der Waals surface area contributed by atoms with Crippen molar-refractivity contribution in [3.05, 3.63) is 24.3 Å². The van der Waals surface area contributed by atoms with Crippen LogP contribution in [0, 0.1) is 0 Å². The van der Waals surface area contributed by atoms with Gasteiger partial charge in [0.05, 0.1) is 0 Å². The molecule has 1 aliphatic heterocycles. The van der Waals surface area contributed by atoms with Gasteiger partial charge < -0.3 is 10.6 Å². The maximum absolute atomic E-state index is 11.7. The molecule has 120 valence electrons. The lowest BCUT2D eigenvalue weighted by Crippen LogP contribution is -2.31. The summed E-state index contributed by atoms with van der Waals surface area (Å²) in [6, 6.07) is 10.1. The standard InChI is InChI=1S/C18H27N3O/c1-3-5-18(22)20-15-7-4-6-14(11-15)19-16-10-13(2)21(12-16)17-8-9-17/h4,6-7,11,13,16-17,19H,3,5,8-10,12H2,1-2H3,(H,20,22)/t13-,16+/m1/s1. The van der Waals surface area contributed by atoms with E-state index in [0.717, 1.165) is 30.4 Å². The zero-order valence-electron chi connectivity index (χ0n) is 13.6. The summed E-state index contributed by atoms with van der Waals surface area (Å²) in [5.74, 6) is 0.0917. The number of likely N-dealkylation sites (tertiary alicyclic amines) is 1. The molecule has 0 bridgehead atoms. The second kappa shape index (κ2) is 6.69. The van der Waals surface area contributed by atoms with Crippen molar-refractivity contribution in [1.82, 2.24) is 4.90 Å². The molecule has 3 rings (SSSR count). The number of anilines is 2. The molecule has 2 fully saturated rings. The normalized spacial score (nSPS) is 25.2. The van der Waals surface area contributed by atoms with E-state index in [-0.39, 0.29) is 5.91 Å². The average molecular weight is 301 g/mol. The van der Waals surface area contributed by atoms with Gasteiger partial charge in [-0.05, 0) is 50.8 Å². The summed E-state index contributed by atoms with van der Waals surface area (Å²) >= 11 is 0. The Labute approximate surface area is 133 Å². The minimum atomic E-state index is 0.0917. The first-order valence-electron chi connectivity index (χ1n) is 8.58. The quantitative estimate of drug-likeness (QED) is 0.845. The third-order valence-corrected chi connectivity index (χ3v) is 4.63. The SMILES string of the molecule is CCCC(=O)Nc1cccc(N[C@H]2C[C@@H](C)N(C3CC3)C2)c1. The first-order chi connectivity index (χ1) is 10.7. The molecule has 4 nitrogen and oxygen atoms in total. The predicted molar refractivity (Wildman–Crippen MR) is 91.2 cm³/mol. The number of hydrogen-bond donors (Lipinski definition) is 2. The van der Waals surface area contributed by atoms with E-state index in [4.69, 9.17) is 0 Å². The second-order valence-corrected chi connectivity index (χ2v) is 6.73. The smallest absolute Gasteiger partial charge is 0.224 e. The highest BCUT2D eigenvalue weighted by molar-refractivity contribution is 5.91. The Hall–Kier alpha value is -1.55. The number of nitrogens with zero attached hydrogens (tertiary/aromatic N) is 1. The number of hydrogen-bond acceptors (Lipinski definition) is 3.